The standard InChI is InChI=1S/C12H16N4O4S/c1-4-20-12(17)11-8(2)13-6-10(11)15-21(18,19)9-5-14-16(3)7-9/h5-7,13,15H,4H2,1-3H3. The second kappa shape index (κ2) is 5.60. The van der Waals surface area contributed by atoms with Crippen molar-refractivity contribution in [2.75, 3.05) is 11.3 Å². The Bertz CT molecular complexity index is 760. The van der Waals surface area contributed by atoms with Gasteiger partial charge in [-0.1, -0.05) is 0 Å². The highest BCUT2D eigenvalue weighted by atomic mass is 32.2. The molecule has 8 nitrogen and oxygen atoms in total. The summed E-state index contributed by atoms with van der Waals surface area (Å²) in [6, 6.07) is 0. The number of nitrogens with zero attached hydrogens (tertiary/aromatic N) is 2. The maximum atomic E-state index is 12.2. The maximum absolute atomic E-state index is 12.2. The average Bonchev–Trinajstić information content (AvgIpc) is 2.97. The molecule has 0 amide bonds. The molecule has 0 aliphatic heterocycles. The SMILES string of the molecule is CCOC(=O)c1c(NS(=O)(=O)c2cnn(C)c2)c[nH]c1C. The highest BCUT2D eigenvalue weighted by molar-refractivity contribution is 7.92. The van der Waals surface area contributed by atoms with E-state index in [9.17, 15) is 13.2 Å². The van der Waals surface area contributed by atoms with Gasteiger partial charge in [0.25, 0.3) is 10.0 Å². The quantitative estimate of drug-likeness (QED) is 0.802. The third-order valence-corrected chi connectivity index (χ3v) is 4.11. The first-order valence-electron chi connectivity index (χ1n) is 6.21. The average molecular weight is 312 g/mol. The van der Waals surface area contributed by atoms with Crippen LogP contribution in [-0.4, -0.2) is 35.8 Å². The predicted octanol–water partition coefficient (Wildman–Crippen LogP) is 1.03. The molecule has 0 saturated carbocycles. The molecule has 9 heteroatoms. The van der Waals surface area contributed by atoms with E-state index in [0.29, 0.717) is 5.69 Å². The van der Waals surface area contributed by atoms with Crippen molar-refractivity contribution in [3.63, 3.8) is 0 Å². The number of aryl methyl sites for hydroxylation is 2. The Morgan fingerprint density at radius 3 is 2.81 bits per heavy atom. The zero-order valence-electron chi connectivity index (χ0n) is 11.9. The van der Waals surface area contributed by atoms with Crippen LogP contribution in [0.5, 0.6) is 0 Å². The zero-order valence-corrected chi connectivity index (χ0v) is 12.7. The Hall–Kier alpha value is -2.29. The maximum Gasteiger partial charge on any atom is 0.342 e. The van der Waals surface area contributed by atoms with Crippen molar-refractivity contribution >= 4 is 21.7 Å². The number of H-pyrrole nitrogens is 1. The van der Waals surface area contributed by atoms with Crippen LogP contribution >= 0.6 is 0 Å². The normalized spacial score (nSPS) is 11.4. The number of ether oxygens (including phenoxy) is 1. The van der Waals surface area contributed by atoms with Gasteiger partial charge in [0.15, 0.2) is 0 Å². The van der Waals surface area contributed by atoms with Crippen LogP contribution in [0.1, 0.15) is 23.0 Å². The Balaban J connectivity index is 2.34. The molecular weight excluding hydrogens is 296 g/mol. The fourth-order valence-corrected chi connectivity index (χ4v) is 2.86. The molecule has 2 aromatic rings. The van der Waals surface area contributed by atoms with Crippen molar-refractivity contribution < 1.29 is 17.9 Å². The molecular formula is C12H16N4O4S. The number of hydrogen-bond acceptors (Lipinski definition) is 5. The number of aromatic nitrogens is 3. The number of anilines is 1. The van der Waals surface area contributed by atoms with Crippen LogP contribution in [0.4, 0.5) is 5.69 Å². The lowest BCUT2D eigenvalue weighted by Gasteiger charge is -2.07. The molecule has 0 saturated heterocycles. The lowest BCUT2D eigenvalue weighted by Crippen LogP contribution is -2.15. The number of rotatable bonds is 5. The molecule has 0 aliphatic carbocycles. The number of sulfonamides is 1. The summed E-state index contributed by atoms with van der Waals surface area (Å²) in [6.07, 6.45) is 4.01. The lowest BCUT2D eigenvalue weighted by atomic mass is 10.2. The van der Waals surface area contributed by atoms with Gasteiger partial charge in [-0.05, 0) is 13.8 Å². The molecule has 0 atom stereocenters. The van der Waals surface area contributed by atoms with Crippen LogP contribution < -0.4 is 4.72 Å². The number of aromatic amines is 1. The fraction of sp³-hybridized carbons (Fsp3) is 0.333. The minimum absolute atomic E-state index is 0.0126. The van der Waals surface area contributed by atoms with Gasteiger partial charge in [0.1, 0.15) is 10.5 Å². The summed E-state index contributed by atoms with van der Waals surface area (Å²) in [5.74, 6) is -0.583. The van der Waals surface area contributed by atoms with Crippen LogP contribution in [0.3, 0.4) is 0 Å². The van der Waals surface area contributed by atoms with E-state index in [-0.39, 0.29) is 22.8 Å². The number of carbonyl (C=O) groups is 1. The third-order valence-electron chi connectivity index (χ3n) is 2.79. The van der Waals surface area contributed by atoms with Crippen LogP contribution in [0, 0.1) is 6.92 Å². The molecule has 0 fully saturated rings. The van der Waals surface area contributed by atoms with Crippen molar-refractivity contribution in [3.05, 3.63) is 29.8 Å². The molecule has 0 bridgehead atoms. The van der Waals surface area contributed by atoms with E-state index >= 15 is 0 Å². The first kappa shape index (κ1) is 15.1. The first-order chi connectivity index (χ1) is 9.85. The Morgan fingerprint density at radius 2 is 2.24 bits per heavy atom. The molecule has 0 radical (unpaired) electrons. The van der Waals surface area contributed by atoms with Gasteiger partial charge in [-0.25, -0.2) is 13.2 Å². The molecule has 114 valence electrons. The Labute approximate surface area is 122 Å². The fourth-order valence-electron chi connectivity index (χ4n) is 1.81. The molecule has 21 heavy (non-hydrogen) atoms. The Morgan fingerprint density at radius 1 is 1.52 bits per heavy atom. The molecule has 0 aliphatic rings. The summed E-state index contributed by atoms with van der Waals surface area (Å²) in [7, 11) is -2.20. The van der Waals surface area contributed by atoms with Crippen LogP contribution in [0.2, 0.25) is 0 Å². The van der Waals surface area contributed by atoms with Crippen LogP contribution in [0.25, 0.3) is 0 Å². The minimum atomic E-state index is -3.81. The van der Waals surface area contributed by atoms with Gasteiger partial charge in [0, 0.05) is 25.1 Å². The summed E-state index contributed by atoms with van der Waals surface area (Å²) in [5, 5.41) is 3.81. The number of nitrogens with one attached hydrogen (secondary N) is 2. The van der Waals surface area contributed by atoms with Crippen LogP contribution in [0.15, 0.2) is 23.5 Å². The first-order valence-corrected chi connectivity index (χ1v) is 7.70. The van der Waals surface area contributed by atoms with Gasteiger partial charge in [-0.15, -0.1) is 0 Å². The molecule has 2 rings (SSSR count). The summed E-state index contributed by atoms with van der Waals surface area (Å²) >= 11 is 0. The largest absolute Gasteiger partial charge is 0.462 e. The van der Waals surface area contributed by atoms with Crippen molar-refractivity contribution in [2.24, 2.45) is 7.05 Å². The van der Waals surface area contributed by atoms with Gasteiger partial charge in [0.05, 0.1) is 18.5 Å². The second-order valence-corrected chi connectivity index (χ2v) is 6.06. The molecule has 0 aromatic carbocycles. The Kier molecular flexibility index (Phi) is 4.03. The molecule has 2 heterocycles. The zero-order chi connectivity index (χ0) is 15.6. The third kappa shape index (κ3) is 3.07. The van der Waals surface area contributed by atoms with Gasteiger partial charge in [-0.3, -0.25) is 9.40 Å². The van der Waals surface area contributed by atoms with Crippen molar-refractivity contribution in [3.8, 4) is 0 Å². The van der Waals surface area contributed by atoms with E-state index in [1.54, 1.807) is 20.9 Å². The van der Waals surface area contributed by atoms with E-state index in [0.717, 1.165) is 0 Å². The van der Waals surface area contributed by atoms with Crippen molar-refractivity contribution in [1.82, 2.24) is 14.8 Å². The topological polar surface area (TPSA) is 106 Å². The predicted molar refractivity (Wildman–Crippen MR) is 75.5 cm³/mol. The highest BCUT2D eigenvalue weighted by Crippen LogP contribution is 2.23. The van der Waals surface area contributed by atoms with Crippen molar-refractivity contribution in [2.45, 2.75) is 18.7 Å². The molecule has 0 unspecified atom stereocenters. The molecule has 2 N–H and O–H groups in total. The van der Waals surface area contributed by atoms with E-state index in [4.69, 9.17) is 4.74 Å². The summed E-state index contributed by atoms with van der Waals surface area (Å²) < 4.78 is 33.1. The van der Waals surface area contributed by atoms with Crippen molar-refractivity contribution in [1.29, 1.82) is 0 Å². The van der Waals surface area contributed by atoms with Gasteiger partial charge >= 0.3 is 5.97 Å². The smallest absolute Gasteiger partial charge is 0.342 e. The number of carbonyl (C=O) groups excluding carboxylic acids is 1. The molecule has 0 spiro atoms. The minimum Gasteiger partial charge on any atom is -0.462 e. The van der Waals surface area contributed by atoms with Gasteiger partial charge < -0.3 is 9.72 Å². The summed E-state index contributed by atoms with van der Waals surface area (Å²) in [5.41, 5.74) is 0.844. The molecule has 2 aromatic heterocycles. The van der Waals surface area contributed by atoms with E-state index in [2.05, 4.69) is 14.8 Å². The lowest BCUT2D eigenvalue weighted by molar-refractivity contribution is 0.0527. The summed E-state index contributed by atoms with van der Waals surface area (Å²) in [4.78, 5) is 14.7. The van der Waals surface area contributed by atoms with Gasteiger partial charge in [-0.2, -0.15) is 5.10 Å². The number of esters is 1. The monoisotopic (exact) mass is 312 g/mol. The highest BCUT2D eigenvalue weighted by Gasteiger charge is 2.23. The summed E-state index contributed by atoms with van der Waals surface area (Å²) in [6.45, 7) is 3.55. The van der Waals surface area contributed by atoms with Gasteiger partial charge in [0.2, 0.25) is 0 Å². The van der Waals surface area contributed by atoms with E-state index in [1.807, 2.05) is 0 Å². The van der Waals surface area contributed by atoms with E-state index < -0.39 is 16.0 Å². The second-order valence-electron chi connectivity index (χ2n) is 4.38. The van der Waals surface area contributed by atoms with E-state index in [1.165, 1.54) is 23.3 Å². The number of hydrogen-bond donors (Lipinski definition) is 2. The van der Waals surface area contributed by atoms with Crippen LogP contribution in [-0.2, 0) is 21.8 Å².